The van der Waals surface area contributed by atoms with Crippen LogP contribution in [0.4, 0.5) is 11.5 Å². The lowest BCUT2D eigenvalue weighted by Gasteiger charge is -2.09. The minimum Gasteiger partial charge on any atom is -0.478 e. The summed E-state index contributed by atoms with van der Waals surface area (Å²) < 4.78 is 0. The van der Waals surface area contributed by atoms with E-state index >= 15 is 0 Å². The minimum absolute atomic E-state index is 0.0500. The van der Waals surface area contributed by atoms with Crippen molar-refractivity contribution in [1.82, 2.24) is 4.98 Å². The zero-order valence-electron chi connectivity index (χ0n) is 9.89. The first-order chi connectivity index (χ1) is 9.51. The van der Waals surface area contributed by atoms with Crippen molar-refractivity contribution in [2.24, 2.45) is 0 Å². The fourth-order valence-electron chi connectivity index (χ4n) is 1.49. The molecule has 2 N–H and O–H groups in total. The van der Waals surface area contributed by atoms with E-state index in [9.17, 15) is 4.79 Å². The maximum absolute atomic E-state index is 11.0. The van der Waals surface area contributed by atoms with Crippen LogP contribution < -0.4 is 5.32 Å². The van der Waals surface area contributed by atoms with Gasteiger partial charge in [-0.05, 0) is 24.3 Å². The molecule has 1 aromatic heterocycles. The van der Waals surface area contributed by atoms with Crippen LogP contribution in [0.25, 0.3) is 0 Å². The quantitative estimate of drug-likeness (QED) is 0.903. The number of carboxylic acids is 1. The highest BCUT2D eigenvalue weighted by atomic mass is 35.5. The molecule has 0 bridgehead atoms. The summed E-state index contributed by atoms with van der Waals surface area (Å²) in [5.41, 5.74) is 0.876. The van der Waals surface area contributed by atoms with E-state index in [2.05, 4.69) is 10.3 Å². The number of carbonyl (C=O) groups is 1. The SMILES string of the molecule is N#Cc1ccc(Nc2cc(C(=O)O)c(Cl)cn2)c(Cl)c1. The highest BCUT2D eigenvalue weighted by Gasteiger charge is 2.11. The predicted octanol–water partition coefficient (Wildman–Crippen LogP) is 3.70. The molecule has 0 unspecified atom stereocenters. The van der Waals surface area contributed by atoms with Gasteiger partial charge < -0.3 is 10.4 Å². The number of hydrogen-bond donors (Lipinski definition) is 2. The van der Waals surface area contributed by atoms with Gasteiger partial charge in [0.05, 0.1) is 32.9 Å². The molecule has 1 heterocycles. The molecule has 0 aliphatic heterocycles. The fraction of sp³-hybridized carbons (Fsp3) is 0. The van der Waals surface area contributed by atoms with E-state index in [1.807, 2.05) is 6.07 Å². The lowest BCUT2D eigenvalue weighted by molar-refractivity contribution is 0.0697. The Morgan fingerprint density at radius 2 is 2.05 bits per heavy atom. The Labute approximate surface area is 124 Å². The Kier molecular flexibility index (Phi) is 4.08. The van der Waals surface area contributed by atoms with Crippen LogP contribution in [-0.4, -0.2) is 16.1 Å². The number of aromatic carboxylic acids is 1. The standard InChI is InChI=1S/C13H7Cl2N3O2/c14-9-3-7(5-16)1-2-11(9)18-12-4-8(13(19)20)10(15)6-17-12/h1-4,6H,(H,17,18)(H,19,20). The molecule has 2 rings (SSSR count). The maximum atomic E-state index is 11.0. The molecule has 20 heavy (non-hydrogen) atoms. The summed E-state index contributed by atoms with van der Waals surface area (Å²) in [6.07, 6.45) is 1.24. The Hall–Kier alpha value is -2.29. The first kappa shape index (κ1) is 14.1. The van der Waals surface area contributed by atoms with Crippen LogP contribution in [0.2, 0.25) is 10.0 Å². The third kappa shape index (κ3) is 2.99. The fourth-order valence-corrected chi connectivity index (χ4v) is 1.91. The van der Waals surface area contributed by atoms with E-state index in [-0.39, 0.29) is 10.6 Å². The van der Waals surface area contributed by atoms with Crippen LogP contribution in [0.3, 0.4) is 0 Å². The number of nitrogens with zero attached hydrogens (tertiary/aromatic N) is 2. The van der Waals surface area contributed by atoms with Crippen molar-refractivity contribution in [1.29, 1.82) is 5.26 Å². The van der Waals surface area contributed by atoms with Gasteiger partial charge in [0.25, 0.3) is 0 Å². The van der Waals surface area contributed by atoms with Crippen LogP contribution in [0.1, 0.15) is 15.9 Å². The molecule has 100 valence electrons. The number of hydrogen-bond acceptors (Lipinski definition) is 4. The minimum atomic E-state index is -1.15. The number of anilines is 2. The van der Waals surface area contributed by atoms with Crippen molar-refractivity contribution < 1.29 is 9.90 Å². The topological polar surface area (TPSA) is 86.0 Å². The number of aromatic nitrogens is 1. The molecule has 1 aromatic carbocycles. The molecule has 0 fully saturated rings. The normalized spacial score (nSPS) is 9.85. The number of nitrogens with one attached hydrogen (secondary N) is 1. The number of rotatable bonds is 3. The summed E-state index contributed by atoms with van der Waals surface area (Å²) in [6.45, 7) is 0. The number of carboxylic acid groups (broad SMARTS) is 1. The molecule has 0 aliphatic carbocycles. The highest BCUT2D eigenvalue weighted by Crippen LogP contribution is 2.27. The van der Waals surface area contributed by atoms with Crippen molar-refractivity contribution in [3.05, 3.63) is 51.6 Å². The number of nitriles is 1. The molecule has 0 saturated carbocycles. The molecule has 0 saturated heterocycles. The first-order valence-electron chi connectivity index (χ1n) is 5.37. The van der Waals surface area contributed by atoms with Crippen molar-refractivity contribution in [3.63, 3.8) is 0 Å². The van der Waals surface area contributed by atoms with E-state index in [1.165, 1.54) is 18.3 Å². The lowest BCUT2D eigenvalue weighted by atomic mass is 10.2. The Bertz CT molecular complexity index is 726. The van der Waals surface area contributed by atoms with Crippen LogP contribution >= 0.6 is 23.2 Å². The largest absolute Gasteiger partial charge is 0.478 e. The Morgan fingerprint density at radius 3 is 2.65 bits per heavy atom. The number of benzene rings is 1. The van der Waals surface area contributed by atoms with Gasteiger partial charge >= 0.3 is 5.97 Å². The van der Waals surface area contributed by atoms with Gasteiger partial charge in [-0.1, -0.05) is 23.2 Å². The Morgan fingerprint density at radius 1 is 1.30 bits per heavy atom. The van der Waals surface area contributed by atoms with Gasteiger partial charge in [0.1, 0.15) is 5.82 Å². The number of pyridine rings is 1. The molecule has 5 nitrogen and oxygen atoms in total. The predicted molar refractivity (Wildman–Crippen MR) is 75.7 cm³/mol. The van der Waals surface area contributed by atoms with Crippen molar-refractivity contribution in [3.8, 4) is 6.07 Å². The number of halogens is 2. The second-order valence-corrected chi connectivity index (χ2v) is 4.60. The molecule has 0 radical (unpaired) electrons. The molecule has 7 heteroatoms. The van der Waals surface area contributed by atoms with Crippen molar-refractivity contribution >= 4 is 40.7 Å². The molecule has 0 amide bonds. The van der Waals surface area contributed by atoms with Gasteiger partial charge in [0.2, 0.25) is 0 Å². The van der Waals surface area contributed by atoms with E-state index in [0.717, 1.165) is 0 Å². The summed E-state index contributed by atoms with van der Waals surface area (Å²) in [5, 5.41) is 21.0. The van der Waals surface area contributed by atoms with E-state index in [1.54, 1.807) is 12.1 Å². The third-order valence-electron chi connectivity index (χ3n) is 2.45. The van der Waals surface area contributed by atoms with Gasteiger partial charge in [-0.15, -0.1) is 0 Å². The monoisotopic (exact) mass is 307 g/mol. The smallest absolute Gasteiger partial charge is 0.337 e. The van der Waals surface area contributed by atoms with Crippen molar-refractivity contribution in [2.45, 2.75) is 0 Å². The zero-order valence-corrected chi connectivity index (χ0v) is 11.4. The second-order valence-electron chi connectivity index (χ2n) is 3.79. The summed E-state index contributed by atoms with van der Waals surface area (Å²) in [6, 6.07) is 7.96. The van der Waals surface area contributed by atoms with Gasteiger partial charge in [-0.3, -0.25) is 0 Å². The average Bonchev–Trinajstić information content (AvgIpc) is 2.42. The van der Waals surface area contributed by atoms with E-state index in [0.29, 0.717) is 22.1 Å². The van der Waals surface area contributed by atoms with Gasteiger partial charge in [0.15, 0.2) is 0 Å². The maximum Gasteiger partial charge on any atom is 0.337 e. The third-order valence-corrected chi connectivity index (χ3v) is 3.06. The summed E-state index contributed by atoms with van der Waals surface area (Å²) in [4.78, 5) is 14.9. The second kappa shape index (κ2) is 5.78. The average molecular weight is 308 g/mol. The van der Waals surface area contributed by atoms with Crippen LogP contribution in [0.5, 0.6) is 0 Å². The summed E-state index contributed by atoms with van der Waals surface area (Å²) in [7, 11) is 0. The zero-order chi connectivity index (χ0) is 14.7. The highest BCUT2D eigenvalue weighted by molar-refractivity contribution is 6.34. The van der Waals surface area contributed by atoms with Crippen molar-refractivity contribution in [2.75, 3.05) is 5.32 Å². The van der Waals surface area contributed by atoms with E-state index < -0.39 is 5.97 Å². The molecular formula is C13H7Cl2N3O2. The summed E-state index contributed by atoms with van der Waals surface area (Å²) >= 11 is 11.7. The lowest BCUT2D eigenvalue weighted by Crippen LogP contribution is -2.01. The van der Waals surface area contributed by atoms with Gasteiger partial charge in [-0.2, -0.15) is 5.26 Å². The Balaban J connectivity index is 2.33. The van der Waals surface area contributed by atoms with E-state index in [4.69, 9.17) is 33.6 Å². The van der Waals surface area contributed by atoms with Crippen LogP contribution in [-0.2, 0) is 0 Å². The van der Waals surface area contributed by atoms with Gasteiger partial charge in [0, 0.05) is 6.20 Å². The molecule has 0 aliphatic rings. The first-order valence-corrected chi connectivity index (χ1v) is 6.12. The molecule has 2 aromatic rings. The van der Waals surface area contributed by atoms with Crippen LogP contribution in [0, 0.1) is 11.3 Å². The molecular weight excluding hydrogens is 301 g/mol. The van der Waals surface area contributed by atoms with Gasteiger partial charge in [-0.25, -0.2) is 9.78 Å². The van der Waals surface area contributed by atoms with Crippen LogP contribution in [0.15, 0.2) is 30.5 Å². The molecule has 0 spiro atoms. The summed E-state index contributed by atoms with van der Waals surface area (Å²) in [5.74, 6) is -0.857. The molecule has 0 atom stereocenters.